The first kappa shape index (κ1) is 29.7. The largest absolute Gasteiger partial charge is 0.452 e. The Morgan fingerprint density at radius 3 is 1.44 bits per heavy atom. The molecule has 9 heteroatoms. The number of carbonyl (C=O) groups is 3. The van der Waals surface area contributed by atoms with E-state index in [9.17, 15) is 19.5 Å². The van der Waals surface area contributed by atoms with Crippen molar-refractivity contribution in [1.82, 2.24) is 0 Å². The van der Waals surface area contributed by atoms with Gasteiger partial charge in [-0.15, -0.1) is 0 Å². The van der Waals surface area contributed by atoms with E-state index < -0.39 is 55.2 Å². The molecule has 0 amide bonds. The van der Waals surface area contributed by atoms with Crippen LogP contribution in [-0.2, 0) is 30.3 Å². The Morgan fingerprint density at radius 2 is 0.977 bits per heavy atom. The van der Waals surface area contributed by atoms with Gasteiger partial charge in [-0.2, -0.15) is 0 Å². The summed E-state index contributed by atoms with van der Waals surface area (Å²) in [4.78, 5) is 39.6. The normalized spacial score (nSPS) is 21.4. The SMILES string of the molecule is O=C(OC1OC(CO)C(OC(=O)c2ccccc2)C(OC(=O)c2ccccc2)C1OCc1ccccc1)c1ccccc1. The minimum absolute atomic E-state index is 0.0246. The lowest BCUT2D eigenvalue weighted by Gasteiger charge is -2.44. The monoisotopic (exact) mass is 582 g/mol. The van der Waals surface area contributed by atoms with Gasteiger partial charge in [-0.25, -0.2) is 14.4 Å². The molecule has 9 nitrogen and oxygen atoms in total. The van der Waals surface area contributed by atoms with Crippen molar-refractivity contribution in [3.8, 4) is 0 Å². The van der Waals surface area contributed by atoms with Crippen molar-refractivity contribution in [3.63, 3.8) is 0 Å². The number of hydrogen-bond donors (Lipinski definition) is 1. The number of benzene rings is 4. The molecule has 1 heterocycles. The fraction of sp³-hybridized carbons (Fsp3) is 0.206. The quantitative estimate of drug-likeness (QED) is 0.212. The fourth-order valence-electron chi connectivity index (χ4n) is 4.62. The van der Waals surface area contributed by atoms with Crippen LogP contribution in [0, 0.1) is 0 Å². The second kappa shape index (κ2) is 14.4. The maximum atomic E-state index is 13.4. The van der Waals surface area contributed by atoms with Crippen LogP contribution in [0.2, 0.25) is 0 Å². The summed E-state index contributed by atoms with van der Waals surface area (Å²) in [6, 6.07) is 34.0. The number of hydrogen-bond acceptors (Lipinski definition) is 9. The third-order valence-electron chi connectivity index (χ3n) is 6.79. The van der Waals surface area contributed by atoms with Crippen molar-refractivity contribution in [3.05, 3.63) is 144 Å². The van der Waals surface area contributed by atoms with Crippen LogP contribution < -0.4 is 0 Å². The summed E-state index contributed by atoms with van der Waals surface area (Å²) in [6.07, 6.45) is -6.58. The first-order valence-electron chi connectivity index (χ1n) is 13.7. The Hall–Kier alpha value is -4.83. The average molecular weight is 583 g/mol. The van der Waals surface area contributed by atoms with E-state index in [2.05, 4.69) is 0 Å². The van der Waals surface area contributed by atoms with Gasteiger partial charge in [-0.05, 0) is 42.0 Å². The van der Waals surface area contributed by atoms with Gasteiger partial charge in [0.25, 0.3) is 0 Å². The molecule has 4 aromatic rings. The number of esters is 3. The Bertz CT molecular complexity index is 1480. The highest BCUT2D eigenvalue weighted by Crippen LogP contribution is 2.31. The van der Waals surface area contributed by atoms with Crippen LogP contribution in [0.1, 0.15) is 36.6 Å². The first-order chi connectivity index (χ1) is 21.0. The van der Waals surface area contributed by atoms with Crippen LogP contribution in [0.15, 0.2) is 121 Å². The van der Waals surface area contributed by atoms with Gasteiger partial charge in [0.1, 0.15) is 6.10 Å². The van der Waals surface area contributed by atoms with Crippen LogP contribution in [0.5, 0.6) is 0 Å². The zero-order valence-electron chi connectivity index (χ0n) is 23.1. The van der Waals surface area contributed by atoms with E-state index >= 15 is 0 Å². The predicted octanol–water partition coefficient (Wildman–Crippen LogP) is 4.60. The van der Waals surface area contributed by atoms with Crippen molar-refractivity contribution in [2.24, 2.45) is 0 Å². The Balaban J connectivity index is 1.50. The van der Waals surface area contributed by atoms with Crippen LogP contribution in [0.25, 0.3) is 0 Å². The van der Waals surface area contributed by atoms with Gasteiger partial charge in [0, 0.05) is 0 Å². The van der Waals surface area contributed by atoms with Crippen molar-refractivity contribution in [1.29, 1.82) is 0 Å². The number of aliphatic hydroxyl groups is 1. The standard InChI is InChI=1S/C34H30O9/c35-21-27-28(41-31(36)24-15-7-2-8-16-24)29(42-32(37)25-17-9-3-10-18-25)30(39-22-23-13-5-1-6-14-23)34(40-27)43-33(38)26-19-11-4-12-20-26/h1-20,27-30,34-35H,21-22H2. The molecule has 0 spiro atoms. The van der Waals surface area contributed by atoms with E-state index in [-0.39, 0.29) is 23.3 Å². The zero-order valence-corrected chi connectivity index (χ0v) is 23.1. The fourth-order valence-corrected chi connectivity index (χ4v) is 4.62. The van der Waals surface area contributed by atoms with Gasteiger partial charge in [0.2, 0.25) is 6.29 Å². The molecule has 4 aromatic carbocycles. The van der Waals surface area contributed by atoms with Gasteiger partial charge in [0.15, 0.2) is 18.3 Å². The molecule has 1 N–H and O–H groups in total. The molecule has 5 atom stereocenters. The van der Waals surface area contributed by atoms with Gasteiger partial charge < -0.3 is 28.8 Å². The number of carbonyl (C=O) groups excluding carboxylic acids is 3. The maximum Gasteiger partial charge on any atom is 0.340 e. The zero-order chi connectivity index (χ0) is 30.0. The second-order valence-electron chi connectivity index (χ2n) is 9.73. The predicted molar refractivity (Wildman–Crippen MR) is 154 cm³/mol. The minimum atomic E-state index is -1.44. The Labute approximate surface area is 248 Å². The van der Waals surface area contributed by atoms with E-state index in [4.69, 9.17) is 23.7 Å². The summed E-state index contributed by atoms with van der Waals surface area (Å²) in [5, 5.41) is 10.3. The molecule has 1 fully saturated rings. The highest BCUT2D eigenvalue weighted by atomic mass is 16.7. The van der Waals surface area contributed by atoms with Gasteiger partial charge in [0.05, 0.1) is 29.9 Å². The van der Waals surface area contributed by atoms with Crippen LogP contribution in [-0.4, -0.2) is 60.3 Å². The summed E-state index contributed by atoms with van der Waals surface area (Å²) in [5.74, 6) is -2.18. The van der Waals surface area contributed by atoms with Crippen LogP contribution in [0.4, 0.5) is 0 Å². The highest BCUT2D eigenvalue weighted by molar-refractivity contribution is 5.91. The lowest BCUT2D eigenvalue weighted by molar-refractivity contribution is -0.295. The summed E-state index contributed by atoms with van der Waals surface area (Å²) in [5.41, 5.74) is 1.52. The molecule has 43 heavy (non-hydrogen) atoms. The van der Waals surface area contributed by atoms with Crippen LogP contribution in [0.3, 0.4) is 0 Å². The van der Waals surface area contributed by atoms with Crippen molar-refractivity contribution in [2.45, 2.75) is 37.3 Å². The molecule has 0 radical (unpaired) electrons. The van der Waals surface area contributed by atoms with Crippen LogP contribution >= 0.6 is 0 Å². The molecule has 1 aliphatic rings. The summed E-state index contributed by atoms with van der Waals surface area (Å²) in [7, 11) is 0. The van der Waals surface area contributed by atoms with E-state index in [1.807, 2.05) is 30.3 Å². The molecule has 1 aliphatic heterocycles. The van der Waals surface area contributed by atoms with E-state index in [0.717, 1.165) is 5.56 Å². The molecule has 5 unspecified atom stereocenters. The smallest absolute Gasteiger partial charge is 0.340 e. The van der Waals surface area contributed by atoms with E-state index in [0.29, 0.717) is 0 Å². The van der Waals surface area contributed by atoms with Gasteiger partial charge >= 0.3 is 17.9 Å². The van der Waals surface area contributed by atoms with Crippen molar-refractivity contribution in [2.75, 3.05) is 6.61 Å². The lowest BCUT2D eigenvalue weighted by atomic mass is 9.97. The second-order valence-corrected chi connectivity index (χ2v) is 9.73. The molecule has 1 saturated heterocycles. The Kier molecular flexibility index (Phi) is 9.91. The molecule has 0 aromatic heterocycles. The summed E-state index contributed by atoms with van der Waals surface area (Å²) >= 11 is 0. The highest BCUT2D eigenvalue weighted by Gasteiger charge is 2.52. The third kappa shape index (κ3) is 7.52. The molecular formula is C34H30O9. The van der Waals surface area contributed by atoms with E-state index in [1.54, 1.807) is 91.0 Å². The number of aliphatic hydroxyl groups excluding tert-OH is 1. The topological polar surface area (TPSA) is 118 Å². The Morgan fingerprint density at radius 1 is 0.558 bits per heavy atom. The van der Waals surface area contributed by atoms with Crippen molar-refractivity contribution < 1.29 is 43.2 Å². The molecule has 5 rings (SSSR count). The molecule has 0 aliphatic carbocycles. The van der Waals surface area contributed by atoms with Gasteiger partial charge in [-0.1, -0.05) is 84.9 Å². The maximum absolute atomic E-state index is 13.4. The first-order valence-corrected chi connectivity index (χ1v) is 13.7. The molecule has 0 saturated carbocycles. The lowest BCUT2D eigenvalue weighted by Crippen LogP contribution is -2.62. The number of ether oxygens (including phenoxy) is 5. The average Bonchev–Trinajstić information content (AvgIpc) is 3.06. The van der Waals surface area contributed by atoms with E-state index in [1.165, 1.54) is 0 Å². The van der Waals surface area contributed by atoms with Crippen molar-refractivity contribution >= 4 is 17.9 Å². The van der Waals surface area contributed by atoms with Gasteiger partial charge in [-0.3, -0.25) is 0 Å². The third-order valence-corrected chi connectivity index (χ3v) is 6.79. The minimum Gasteiger partial charge on any atom is -0.452 e. The summed E-state index contributed by atoms with van der Waals surface area (Å²) < 4.78 is 29.8. The number of rotatable bonds is 10. The molecular weight excluding hydrogens is 552 g/mol. The summed E-state index contributed by atoms with van der Waals surface area (Å²) in [6.45, 7) is -0.617. The molecule has 220 valence electrons. The molecule has 0 bridgehead atoms.